The van der Waals surface area contributed by atoms with E-state index >= 15 is 0 Å². The van der Waals surface area contributed by atoms with Crippen molar-refractivity contribution in [2.75, 3.05) is 11.9 Å². The zero-order chi connectivity index (χ0) is 13.8. The van der Waals surface area contributed by atoms with Crippen molar-refractivity contribution < 1.29 is 5.11 Å². The Kier molecular flexibility index (Phi) is 5.53. The van der Waals surface area contributed by atoms with Gasteiger partial charge in [-0.05, 0) is 35.2 Å². The smallest absolute Gasteiger partial charge is 0.131 e. The van der Waals surface area contributed by atoms with Crippen LogP contribution in [-0.2, 0) is 6.42 Å². The predicted octanol–water partition coefficient (Wildman–Crippen LogP) is 3.01. The largest absolute Gasteiger partial charge is 0.388 e. The highest BCUT2D eigenvalue weighted by molar-refractivity contribution is 9.10. The van der Waals surface area contributed by atoms with E-state index in [9.17, 15) is 5.11 Å². The molecule has 0 fully saturated rings. The maximum absolute atomic E-state index is 10.2. The number of aryl methyl sites for hydroxylation is 1. The second-order valence-electron chi connectivity index (χ2n) is 5.29. The van der Waals surface area contributed by atoms with Crippen molar-refractivity contribution in [3.63, 3.8) is 0 Å². The van der Waals surface area contributed by atoms with Crippen LogP contribution in [0, 0.1) is 5.92 Å². The highest BCUT2D eigenvalue weighted by Crippen LogP contribution is 2.18. The minimum absolute atomic E-state index is 0.463. The van der Waals surface area contributed by atoms with Gasteiger partial charge in [-0.2, -0.15) is 0 Å². The normalized spacial score (nSPS) is 14.6. The van der Waals surface area contributed by atoms with Gasteiger partial charge in [0.15, 0.2) is 0 Å². The fraction of sp³-hybridized carbons (Fsp3) is 0.692. The van der Waals surface area contributed by atoms with Gasteiger partial charge in [-0.25, -0.2) is 9.97 Å². The number of aromatic nitrogens is 2. The first-order chi connectivity index (χ1) is 8.32. The highest BCUT2D eigenvalue weighted by Gasteiger charge is 2.21. The third kappa shape index (κ3) is 5.31. The van der Waals surface area contributed by atoms with E-state index in [-0.39, 0.29) is 0 Å². The topological polar surface area (TPSA) is 58.0 Å². The first-order valence-electron chi connectivity index (χ1n) is 6.32. The van der Waals surface area contributed by atoms with Crippen molar-refractivity contribution in [2.24, 2.45) is 5.92 Å². The fourth-order valence-corrected chi connectivity index (χ4v) is 2.37. The molecule has 1 atom stereocenters. The Morgan fingerprint density at radius 3 is 2.67 bits per heavy atom. The van der Waals surface area contributed by atoms with Gasteiger partial charge in [-0.15, -0.1) is 0 Å². The van der Waals surface area contributed by atoms with E-state index in [4.69, 9.17) is 0 Å². The molecule has 0 bridgehead atoms. The lowest BCUT2D eigenvalue weighted by atomic mass is 9.94. The summed E-state index contributed by atoms with van der Waals surface area (Å²) in [4.78, 5) is 8.62. The molecule has 5 heteroatoms. The molecule has 0 saturated carbocycles. The molecule has 0 aliphatic rings. The van der Waals surface area contributed by atoms with E-state index in [2.05, 4.69) is 45.1 Å². The van der Waals surface area contributed by atoms with E-state index in [0.29, 0.717) is 12.5 Å². The molecule has 4 nitrogen and oxygen atoms in total. The number of nitrogens with one attached hydrogen (secondary N) is 1. The molecule has 1 unspecified atom stereocenters. The molecule has 18 heavy (non-hydrogen) atoms. The Balaban J connectivity index is 2.65. The number of hydrogen-bond acceptors (Lipinski definition) is 4. The van der Waals surface area contributed by atoms with Crippen molar-refractivity contribution in [2.45, 2.75) is 46.1 Å². The van der Waals surface area contributed by atoms with Gasteiger partial charge in [0.25, 0.3) is 0 Å². The summed E-state index contributed by atoms with van der Waals surface area (Å²) in [6.45, 7) is 8.55. The van der Waals surface area contributed by atoms with Gasteiger partial charge < -0.3 is 10.4 Å². The first kappa shape index (κ1) is 15.4. The average Bonchev–Trinajstić information content (AvgIpc) is 2.24. The maximum Gasteiger partial charge on any atom is 0.131 e. The van der Waals surface area contributed by atoms with Crippen molar-refractivity contribution >= 4 is 21.7 Å². The van der Waals surface area contributed by atoms with E-state index in [1.807, 2.05) is 19.9 Å². The zero-order valence-corrected chi connectivity index (χ0v) is 13.1. The standard InChI is InChI=1S/C13H22BrN3O/c1-5-11-16-10(14)6-12(17-11)15-8-13(4,18)7-9(2)3/h6,9,18H,5,7-8H2,1-4H3,(H,15,16,17). The Morgan fingerprint density at radius 2 is 2.11 bits per heavy atom. The fourth-order valence-electron chi connectivity index (χ4n) is 1.95. The Hall–Kier alpha value is -0.680. The number of rotatable bonds is 6. The number of nitrogens with zero attached hydrogens (tertiary/aromatic N) is 2. The maximum atomic E-state index is 10.2. The monoisotopic (exact) mass is 315 g/mol. The van der Waals surface area contributed by atoms with E-state index in [1.54, 1.807) is 0 Å². The van der Waals surface area contributed by atoms with Gasteiger partial charge in [-0.1, -0.05) is 20.8 Å². The van der Waals surface area contributed by atoms with Gasteiger partial charge in [0.1, 0.15) is 16.2 Å². The molecule has 1 aromatic heterocycles. The lowest BCUT2D eigenvalue weighted by Gasteiger charge is -2.25. The molecule has 1 rings (SSSR count). The number of aliphatic hydroxyl groups is 1. The molecule has 0 aliphatic heterocycles. The summed E-state index contributed by atoms with van der Waals surface area (Å²) in [6, 6.07) is 1.82. The average molecular weight is 316 g/mol. The molecule has 102 valence electrons. The Morgan fingerprint density at radius 1 is 1.44 bits per heavy atom. The number of hydrogen-bond donors (Lipinski definition) is 2. The van der Waals surface area contributed by atoms with E-state index in [0.717, 1.165) is 29.1 Å². The molecule has 1 heterocycles. The highest BCUT2D eigenvalue weighted by atomic mass is 79.9. The van der Waals surface area contributed by atoms with Gasteiger partial charge in [0.05, 0.1) is 5.60 Å². The Bertz CT molecular complexity index is 394. The van der Waals surface area contributed by atoms with Crippen LogP contribution in [-0.4, -0.2) is 27.2 Å². The summed E-state index contributed by atoms with van der Waals surface area (Å²) in [5, 5.41) is 13.4. The van der Waals surface area contributed by atoms with Crippen LogP contribution in [0.25, 0.3) is 0 Å². The van der Waals surface area contributed by atoms with Crippen LogP contribution in [0.4, 0.5) is 5.82 Å². The second kappa shape index (κ2) is 6.48. The lowest BCUT2D eigenvalue weighted by molar-refractivity contribution is 0.0514. The third-order valence-corrected chi connectivity index (χ3v) is 2.96. The van der Waals surface area contributed by atoms with Crippen LogP contribution < -0.4 is 5.32 Å². The van der Waals surface area contributed by atoms with Gasteiger partial charge in [-0.3, -0.25) is 0 Å². The number of halogens is 1. The van der Waals surface area contributed by atoms with Gasteiger partial charge >= 0.3 is 0 Å². The Labute approximate surface area is 117 Å². The summed E-state index contributed by atoms with van der Waals surface area (Å²) in [5.74, 6) is 2.00. The minimum Gasteiger partial charge on any atom is -0.388 e. The van der Waals surface area contributed by atoms with Crippen LogP contribution >= 0.6 is 15.9 Å². The first-order valence-corrected chi connectivity index (χ1v) is 7.11. The molecule has 0 amide bonds. The van der Waals surface area contributed by atoms with Crippen LogP contribution in [0.1, 0.15) is 39.9 Å². The number of anilines is 1. The van der Waals surface area contributed by atoms with Crippen molar-refractivity contribution in [1.82, 2.24) is 9.97 Å². The molecule has 2 N–H and O–H groups in total. The van der Waals surface area contributed by atoms with Crippen LogP contribution in [0.5, 0.6) is 0 Å². The predicted molar refractivity (Wildman–Crippen MR) is 77.7 cm³/mol. The molecule has 1 aromatic rings. The van der Waals surface area contributed by atoms with E-state index in [1.165, 1.54) is 0 Å². The molecule has 0 aliphatic carbocycles. The zero-order valence-electron chi connectivity index (χ0n) is 11.5. The molecule has 0 saturated heterocycles. The van der Waals surface area contributed by atoms with Crippen LogP contribution in [0.3, 0.4) is 0 Å². The summed E-state index contributed by atoms with van der Waals surface area (Å²) in [7, 11) is 0. The molecular weight excluding hydrogens is 294 g/mol. The van der Waals surface area contributed by atoms with Crippen molar-refractivity contribution in [3.05, 3.63) is 16.5 Å². The van der Waals surface area contributed by atoms with Crippen LogP contribution in [0.2, 0.25) is 0 Å². The minimum atomic E-state index is -0.724. The SMILES string of the molecule is CCc1nc(Br)cc(NCC(C)(O)CC(C)C)n1. The molecule has 0 radical (unpaired) electrons. The van der Waals surface area contributed by atoms with Crippen LogP contribution in [0.15, 0.2) is 10.7 Å². The quantitative estimate of drug-likeness (QED) is 0.792. The molecule has 0 spiro atoms. The summed E-state index contributed by atoms with van der Waals surface area (Å²) >= 11 is 3.36. The summed E-state index contributed by atoms with van der Waals surface area (Å²) in [6.07, 6.45) is 1.55. The van der Waals surface area contributed by atoms with E-state index < -0.39 is 5.60 Å². The van der Waals surface area contributed by atoms with Gasteiger partial charge in [0, 0.05) is 19.0 Å². The second-order valence-corrected chi connectivity index (χ2v) is 6.11. The summed E-state index contributed by atoms with van der Waals surface area (Å²) < 4.78 is 0.764. The third-order valence-electron chi connectivity index (χ3n) is 2.56. The molecule has 0 aromatic carbocycles. The van der Waals surface area contributed by atoms with Crippen molar-refractivity contribution in [1.29, 1.82) is 0 Å². The molecular formula is C13H22BrN3O. The summed E-state index contributed by atoms with van der Waals surface area (Å²) in [5.41, 5.74) is -0.724. The van der Waals surface area contributed by atoms with Gasteiger partial charge in [0.2, 0.25) is 0 Å². The lowest BCUT2D eigenvalue weighted by Crippen LogP contribution is -2.35. The van der Waals surface area contributed by atoms with Crippen molar-refractivity contribution in [3.8, 4) is 0 Å².